The van der Waals surface area contributed by atoms with Gasteiger partial charge in [-0.2, -0.15) is 5.26 Å². The van der Waals surface area contributed by atoms with E-state index in [9.17, 15) is 9.65 Å². The lowest BCUT2D eigenvalue weighted by Gasteiger charge is -2.12. The molecule has 0 spiro atoms. The molecule has 0 saturated carbocycles. The lowest BCUT2D eigenvalue weighted by atomic mass is 10.1. The SMILES string of the molecule is CCOc1cnc2ccc(Nc3cc(NSC)ccc3F)c(C#N)c2n1. The van der Waals surface area contributed by atoms with Crippen LogP contribution in [0.5, 0.6) is 5.88 Å². The van der Waals surface area contributed by atoms with Crippen LogP contribution in [0.3, 0.4) is 0 Å². The predicted octanol–water partition coefficient (Wildman–Crippen LogP) is 4.47. The van der Waals surface area contributed by atoms with Crippen molar-refractivity contribution in [3.63, 3.8) is 0 Å². The van der Waals surface area contributed by atoms with E-state index in [1.807, 2.05) is 13.2 Å². The summed E-state index contributed by atoms with van der Waals surface area (Å²) in [5, 5.41) is 12.6. The summed E-state index contributed by atoms with van der Waals surface area (Å²) in [6.07, 6.45) is 3.39. The zero-order chi connectivity index (χ0) is 18.5. The number of nitrogens with one attached hydrogen (secondary N) is 2. The molecule has 0 aliphatic heterocycles. The van der Waals surface area contributed by atoms with E-state index in [-0.39, 0.29) is 11.3 Å². The molecule has 0 unspecified atom stereocenters. The molecule has 0 bridgehead atoms. The Bertz CT molecular complexity index is 989. The first-order valence-electron chi connectivity index (χ1n) is 7.84. The Morgan fingerprint density at radius 2 is 2.12 bits per heavy atom. The van der Waals surface area contributed by atoms with Gasteiger partial charge in [-0.05, 0) is 37.3 Å². The third-order valence-corrected chi connectivity index (χ3v) is 3.99. The van der Waals surface area contributed by atoms with Gasteiger partial charge in [0.2, 0.25) is 5.88 Å². The van der Waals surface area contributed by atoms with Crippen molar-refractivity contribution in [2.45, 2.75) is 6.92 Å². The molecule has 132 valence electrons. The Morgan fingerprint density at radius 3 is 2.85 bits per heavy atom. The number of ether oxygens (including phenoxy) is 1. The van der Waals surface area contributed by atoms with Crippen molar-refractivity contribution >= 4 is 40.0 Å². The summed E-state index contributed by atoms with van der Waals surface area (Å²) in [7, 11) is 0. The van der Waals surface area contributed by atoms with Gasteiger partial charge in [-0.1, -0.05) is 11.9 Å². The van der Waals surface area contributed by atoms with E-state index in [0.717, 1.165) is 5.69 Å². The zero-order valence-electron chi connectivity index (χ0n) is 14.2. The molecule has 2 N–H and O–H groups in total. The van der Waals surface area contributed by atoms with Gasteiger partial charge in [-0.15, -0.1) is 0 Å². The summed E-state index contributed by atoms with van der Waals surface area (Å²) < 4.78 is 22.6. The van der Waals surface area contributed by atoms with E-state index in [0.29, 0.717) is 29.2 Å². The molecule has 0 aliphatic carbocycles. The number of halogens is 1. The highest BCUT2D eigenvalue weighted by molar-refractivity contribution is 7.99. The van der Waals surface area contributed by atoms with Gasteiger partial charge in [0.05, 0.1) is 29.7 Å². The number of rotatable bonds is 6. The molecule has 0 saturated heterocycles. The quantitative estimate of drug-likeness (QED) is 0.620. The zero-order valence-corrected chi connectivity index (χ0v) is 15.0. The molecule has 0 amide bonds. The lowest BCUT2D eigenvalue weighted by molar-refractivity contribution is 0.327. The van der Waals surface area contributed by atoms with E-state index in [4.69, 9.17) is 4.74 Å². The van der Waals surface area contributed by atoms with Crippen LogP contribution in [-0.4, -0.2) is 22.8 Å². The summed E-state index contributed by atoms with van der Waals surface area (Å²) >= 11 is 1.41. The first-order valence-corrected chi connectivity index (χ1v) is 9.07. The van der Waals surface area contributed by atoms with Gasteiger partial charge in [0.1, 0.15) is 23.0 Å². The number of nitriles is 1. The van der Waals surface area contributed by atoms with Crippen LogP contribution in [-0.2, 0) is 0 Å². The Kier molecular flexibility index (Phi) is 5.39. The highest BCUT2D eigenvalue weighted by Gasteiger charge is 2.13. The average Bonchev–Trinajstić information content (AvgIpc) is 2.64. The molecule has 0 fully saturated rings. The maximum Gasteiger partial charge on any atom is 0.232 e. The topological polar surface area (TPSA) is 82.9 Å². The predicted molar refractivity (Wildman–Crippen MR) is 102 cm³/mol. The fourth-order valence-electron chi connectivity index (χ4n) is 2.44. The molecule has 3 aromatic rings. The van der Waals surface area contributed by atoms with Crippen molar-refractivity contribution in [2.24, 2.45) is 0 Å². The fraction of sp³-hybridized carbons (Fsp3) is 0.167. The van der Waals surface area contributed by atoms with Gasteiger partial charge >= 0.3 is 0 Å². The minimum absolute atomic E-state index is 0.258. The number of nitrogens with zero attached hydrogens (tertiary/aromatic N) is 3. The average molecular weight is 369 g/mol. The standard InChI is InChI=1S/C18H16FN5OS/c1-3-25-17-10-21-15-7-6-14(12(9-20)18(15)23-17)22-16-8-11(24-26-2)4-5-13(16)19/h4-8,10,22,24H,3H2,1-2H3. The van der Waals surface area contributed by atoms with Crippen LogP contribution in [0.1, 0.15) is 12.5 Å². The minimum atomic E-state index is -0.421. The molecule has 0 atom stereocenters. The second-order valence-corrected chi connectivity index (χ2v) is 5.85. The van der Waals surface area contributed by atoms with E-state index >= 15 is 0 Å². The molecule has 2 aromatic carbocycles. The van der Waals surface area contributed by atoms with Crippen molar-refractivity contribution < 1.29 is 9.13 Å². The van der Waals surface area contributed by atoms with Gasteiger partial charge in [-0.3, -0.25) is 0 Å². The lowest BCUT2D eigenvalue weighted by Crippen LogP contribution is -2.01. The maximum atomic E-state index is 14.2. The molecule has 6 nitrogen and oxygen atoms in total. The van der Waals surface area contributed by atoms with E-state index in [1.165, 1.54) is 24.2 Å². The number of hydrogen-bond acceptors (Lipinski definition) is 7. The number of hydrogen-bond donors (Lipinski definition) is 2. The van der Waals surface area contributed by atoms with E-state index in [2.05, 4.69) is 26.1 Å². The van der Waals surface area contributed by atoms with Gasteiger partial charge in [-0.25, -0.2) is 14.4 Å². The molecule has 0 radical (unpaired) electrons. The highest BCUT2D eigenvalue weighted by atomic mass is 32.2. The maximum absolute atomic E-state index is 14.2. The Morgan fingerprint density at radius 1 is 1.27 bits per heavy atom. The van der Waals surface area contributed by atoms with Crippen LogP contribution < -0.4 is 14.8 Å². The van der Waals surface area contributed by atoms with Crippen LogP contribution in [0.4, 0.5) is 21.5 Å². The number of fused-ring (bicyclic) bond motifs is 1. The van der Waals surface area contributed by atoms with Crippen LogP contribution in [0.2, 0.25) is 0 Å². The molecular formula is C18H16FN5OS. The van der Waals surface area contributed by atoms with E-state index in [1.54, 1.807) is 24.3 Å². The van der Waals surface area contributed by atoms with Gasteiger partial charge in [0.25, 0.3) is 0 Å². The summed E-state index contributed by atoms with van der Waals surface area (Å²) in [6.45, 7) is 2.29. The normalized spacial score (nSPS) is 10.4. The van der Waals surface area contributed by atoms with Gasteiger partial charge < -0.3 is 14.8 Å². The molecule has 0 aliphatic rings. The Labute approximate surface area is 154 Å². The third-order valence-electron chi connectivity index (χ3n) is 3.55. The smallest absolute Gasteiger partial charge is 0.232 e. The van der Waals surface area contributed by atoms with Crippen LogP contribution >= 0.6 is 11.9 Å². The van der Waals surface area contributed by atoms with Crippen molar-refractivity contribution in [2.75, 3.05) is 22.9 Å². The van der Waals surface area contributed by atoms with Gasteiger partial charge in [0.15, 0.2) is 0 Å². The first-order chi connectivity index (χ1) is 12.7. The highest BCUT2D eigenvalue weighted by Crippen LogP contribution is 2.30. The third kappa shape index (κ3) is 3.63. The molecule has 1 aromatic heterocycles. The number of aromatic nitrogens is 2. The fourth-order valence-corrected chi connectivity index (χ4v) is 2.81. The second kappa shape index (κ2) is 7.89. The van der Waals surface area contributed by atoms with Crippen molar-refractivity contribution in [1.29, 1.82) is 5.26 Å². The molecule has 1 heterocycles. The van der Waals surface area contributed by atoms with Crippen molar-refractivity contribution in [3.05, 3.63) is 47.9 Å². The van der Waals surface area contributed by atoms with Crippen molar-refractivity contribution in [1.82, 2.24) is 9.97 Å². The molecular weight excluding hydrogens is 353 g/mol. The first kappa shape index (κ1) is 17.8. The van der Waals surface area contributed by atoms with Crippen LogP contribution in [0.15, 0.2) is 36.5 Å². The molecule has 3 rings (SSSR count). The Hall–Kier alpha value is -3.05. The minimum Gasteiger partial charge on any atom is -0.477 e. The number of anilines is 3. The van der Waals surface area contributed by atoms with Gasteiger partial charge in [0, 0.05) is 11.9 Å². The summed E-state index contributed by atoms with van der Waals surface area (Å²) in [5.74, 6) is -0.0826. The van der Waals surface area contributed by atoms with E-state index < -0.39 is 5.82 Å². The summed E-state index contributed by atoms with van der Waals surface area (Å²) in [5.41, 5.74) is 2.70. The molecule has 8 heteroatoms. The van der Waals surface area contributed by atoms with Crippen molar-refractivity contribution in [3.8, 4) is 11.9 Å². The summed E-state index contributed by atoms with van der Waals surface area (Å²) in [6, 6.07) is 10.2. The number of benzene rings is 2. The van der Waals surface area contributed by atoms with Crippen LogP contribution in [0, 0.1) is 17.1 Å². The second-order valence-electron chi connectivity index (χ2n) is 5.23. The summed E-state index contributed by atoms with van der Waals surface area (Å²) in [4.78, 5) is 8.61. The monoisotopic (exact) mass is 369 g/mol. The molecule has 26 heavy (non-hydrogen) atoms. The largest absolute Gasteiger partial charge is 0.477 e. The van der Waals surface area contributed by atoms with Crippen LogP contribution in [0.25, 0.3) is 11.0 Å². The Balaban J connectivity index is 2.05.